The highest BCUT2D eigenvalue weighted by Crippen LogP contribution is 2.22. The summed E-state index contributed by atoms with van der Waals surface area (Å²) in [5, 5.41) is 10.4. The van der Waals surface area contributed by atoms with Crippen molar-refractivity contribution in [3.8, 4) is 5.75 Å². The Balaban J connectivity index is 2.63. The predicted molar refractivity (Wildman–Crippen MR) is 65.0 cm³/mol. The standard InChI is InChI=1S/C11H14FN3O4/c1-11(14,10(13)16)4-5-19-7-2-3-9(15(17)18)8(12)6-7/h2-3,6H,4-5,14H2,1H3,(H2,13,16). The highest BCUT2D eigenvalue weighted by molar-refractivity contribution is 5.83. The zero-order chi connectivity index (χ0) is 14.6. The molecule has 1 aromatic carbocycles. The number of nitro groups is 1. The highest BCUT2D eigenvalue weighted by Gasteiger charge is 2.25. The molecule has 0 saturated heterocycles. The number of rotatable bonds is 6. The summed E-state index contributed by atoms with van der Waals surface area (Å²) in [6.45, 7) is 1.49. The molecule has 19 heavy (non-hydrogen) atoms. The van der Waals surface area contributed by atoms with Crippen LogP contribution < -0.4 is 16.2 Å². The van der Waals surface area contributed by atoms with Crippen molar-refractivity contribution in [1.29, 1.82) is 0 Å². The quantitative estimate of drug-likeness (QED) is 0.582. The van der Waals surface area contributed by atoms with Gasteiger partial charge >= 0.3 is 5.69 Å². The van der Waals surface area contributed by atoms with Gasteiger partial charge in [-0.1, -0.05) is 0 Å². The third-order valence-corrected chi connectivity index (χ3v) is 2.57. The van der Waals surface area contributed by atoms with Crippen molar-refractivity contribution in [2.75, 3.05) is 6.61 Å². The Hall–Kier alpha value is -2.22. The molecule has 0 aliphatic heterocycles. The van der Waals surface area contributed by atoms with Crippen LogP contribution in [0.25, 0.3) is 0 Å². The number of amides is 1. The minimum Gasteiger partial charge on any atom is -0.493 e. The monoisotopic (exact) mass is 271 g/mol. The lowest BCUT2D eigenvalue weighted by atomic mass is 9.99. The van der Waals surface area contributed by atoms with Crippen LogP contribution in [0.3, 0.4) is 0 Å². The third-order valence-electron chi connectivity index (χ3n) is 2.57. The molecule has 0 radical (unpaired) electrons. The molecule has 0 spiro atoms. The van der Waals surface area contributed by atoms with Gasteiger partial charge in [0.25, 0.3) is 0 Å². The summed E-state index contributed by atoms with van der Waals surface area (Å²) in [7, 11) is 0. The first-order valence-corrected chi connectivity index (χ1v) is 5.39. The predicted octanol–water partition coefficient (Wildman–Crippen LogP) is 0.706. The van der Waals surface area contributed by atoms with E-state index >= 15 is 0 Å². The minimum absolute atomic E-state index is 0.0349. The molecule has 0 saturated carbocycles. The van der Waals surface area contributed by atoms with E-state index in [9.17, 15) is 19.3 Å². The molecule has 1 aromatic rings. The van der Waals surface area contributed by atoms with E-state index in [2.05, 4.69) is 0 Å². The lowest BCUT2D eigenvalue weighted by molar-refractivity contribution is -0.387. The van der Waals surface area contributed by atoms with E-state index in [0.717, 1.165) is 12.1 Å². The number of halogens is 1. The Morgan fingerprint density at radius 1 is 1.58 bits per heavy atom. The van der Waals surface area contributed by atoms with Crippen molar-refractivity contribution in [3.05, 3.63) is 34.1 Å². The maximum Gasteiger partial charge on any atom is 0.305 e. The zero-order valence-electron chi connectivity index (χ0n) is 10.3. The van der Waals surface area contributed by atoms with Gasteiger partial charge in [-0.05, 0) is 13.0 Å². The van der Waals surface area contributed by atoms with Crippen molar-refractivity contribution in [1.82, 2.24) is 0 Å². The van der Waals surface area contributed by atoms with Gasteiger partial charge in [0.05, 0.1) is 17.1 Å². The molecular formula is C11H14FN3O4. The van der Waals surface area contributed by atoms with E-state index in [1.165, 1.54) is 13.0 Å². The average Bonchev–Trinajstić information content (AvgIpc) is 2.28. The van der Waals surface area contributed by atoms with Gasteiger partial charge in [0.15, 0.2) is 0 Å². The molecule has 0 aliphatic carbocycles. The molecule has 1 rings (SSSR count). The second-order valence-corrected chi connectivity index (χ2v) is 4.25. The number of benzene rings is 1. The second-order valence-electron chi connectivity index (χ2n) is 4.25. The number of nitrogens with zero attached hydrogens (tertiary/aromatic N) is 1. The Morgan fingerprint density at radius 2 is 2.21 bits per heavy atom. The van der Waals surface area contributed by atoms with Crippen LogP contribution in [0, 0.1) is 15.9 Å². The van der Waals surface area contributed by atoms with Gasteiger partial charge in [0.1, 0.15) is 5.75 Å². The summed E-state index contributed by atoms with van der Waals surface area (Å²) >= 11 is 0. The van der Waals surface area contributed by atoms with E-state index in [-0.39, 0.29) is 18.8 Å². The molecule has 0 aromatic heterocycles. The molecule has 4 N–H and O–H groups in total. The number of hydrogen-bond donors (Lipinski definition) is 2. The normalized spacial score (nSPS) is 13.6. The minimum atomic E-state index is -1.22. The molecule has 7 nitrogen and oxygen atoms in total. The lowest BCUT2D eigenvalue weighted by Gasteiger charge is -2.20. The Kier molecular flexibility index (Phi) is 4.38. The molecule has 1 amide bonds. The third kappa shape index (κ3) is 3.88. The van der Waals surface area contributed by atoms with Crippen molar-refractivity contribution >= 4 is 11.6 Å². The van der Waals surface area contributed by atoms with E-state index < -0.39 is 27.9 Å². The van der Waals surface area contributed by atoms with Crippen molar-refractivity contribution < 1.29 is 18.8 Å². The van der Waals surface area contributed by atoms with Gasteiger partial charge in [-0.15, -0.1) is 0 Å². The average molecular weight is 271 g/mol. The molecule has 0 aliphatic rings. The lowest BCUT2D eigenvalue weighted by Crippen LogP contribution is -2.50. The summed E-state index contributed by atoms with van der Waals surface area (Å²) in [4.78, 5) is 20.5. The van der Waals surface area contributed by atoms with Crippen molar-refractivity contribution in [3.63, 3.8) is 0 Å². The van der Waals surface area contributed by atoms with E-state index in [1.54, 1.807) is 0 Å². The first-order chi connectivity index (χ1) is 8.74. The Morgan fingerprint density at radius 3 is 2.68 bits per heavy atom. The fourth-order valence-electron chi connectivity index (χ4n) is 1.23. The molecule has 8 heteroatoms. The smallest absolute Gasteiger partial charge is 0.305 e. The summed E-state index contributed by atoms with van der Waals surface area (Å²) in [5.41, 5.74) is 8.82. The van der Waals surface area contributed by atoms with E-state index in [1.807, 2.05) is 0 Å². The fraction of sp³-hybridized carbons (Fsp3) is 0.364. The van der Waals surface area contributed by atoms with Gasteiger partial charge in [0, 0.05) is 18.6 Å². The number of primary amides is 1. The van der Waals surface area contributed by atoms with Crippen LogP contribution >= 0.6 is 0 Å². The first-order valence-electron chi connectivity index (χ1n) is 5.39. The van der Waals surface area contributed by atoms with Crippen LogP contribution in [0.1, 0.15) is 13.3 Å². The van der Waals surface area contributed by atoms with Gasteiger partial charge < -0.3 is 16.2 Å². The molecule has 0 bridgehead atoms. The van der Waals surface area contributed by atoms with Gasteiger partial charge in [0.2, 0.25) is 11.7 Å². The molecule has 1 unspecified atom stereocenters. The van der Waals surface area contributed by atoms with Crippen LogP contribution in [0.4, 0.5) is 10.1 Å². The Bertz CT molecular complexity index is 505. The number of ether oxygens (including phenoxy) is 1. The molecule has 0 fully saturated rings. The van der Waals surface area contributed by atoms with Crippen LogP contribution in [0.5, 0.6) is 5.75 Å². The van der Waals surface area contributed by atoms with Crippen LogP contribution in [0.2, 0.25) is 0 Å². The summed E-state index contributed by atoms with van der Waals surface area (Å²) < 4.78 is 18.4. The highest BCUT2D eigenvalue weighted by atomic mass is 19.1. The molecule has 0 heterocycles. The Labute approximate surface area is 108 Å². The van der Waals surface area contributed by atoms with Crippen LogP contribution in [-0.2, 0) is 4.79 Å². The largest absolute Gasteiger partial charge is 0.493 e. The number of nitro benzene ring substituents is 1. The topological polar surface area (TPSA) is 121 Å². The van der Waals surface area contributed by atoms with Crippen molar-refractivity contribution in [2.24, 2.45) is 11.5 Å². The van der Waals surface area contributed by atoms with Gasteiger partial charge in [-0.25, -0.2) is 0 Å². The van der Waals surface area contributed by atoms with Crippen LogP contribution in [0.15, 0.2) is 18.2 Å². The number of carbonyl (C=O) groups excluding carboxylic acids is 1. The van der Waals surface area contributed by atoms with Gasteiger partial charge in [-0.2, -0.15) is 4.39 Å². The summed E-state index contributed by atoms with van der Waals surface area (Å²) in [6.07, 6.45) is 0.140. The van der Waals surface area contributed by atoms with Gasteiger partial charge in [-0.3, -0.25) is 14.9 Å². The zero-order valence-corrected chi connectivity index (χ0v) is 10.3. The number of nitrogens with two attached hydrogens (primary N) is 2. The molecule has 1 atom stereocenters. The van der Waals surface area contributed by atoms with Crippen molar-refractivity contribution in [2.45, 2.75) is 18.9 Å². The number of hydrogen-bond acceptors (Lipinski definition) is 5. The summed E-state index contributed by atoms with van der Waals surface area (Å²) in [5.74, 6) is -1.55. The molecular weight excluding hydrogens is 257 g/mol. The summed E-state index contributed by atoms with van der Waals surface area (Å²) in [6, 6.07) is 3.16. The SMILES string of the molecule is CC(N)(CCOc1ccc([N+](=O)[O-])c(F)c1)C(N)=O. The van der Waals surface area contributed by atoms with E-state index in [0.29, 0.717) is 0 Å². The fourth-order valence-corrected chi connectivity index (χ4v) is 1.23. The maximum atomic E-state index is 13.3. The van der Waals surface area contributed by atoms with E-state index in [4.69, 9.17) is 16.2 Å². The van der Waals surface area contributed by atoms with Crippen LogP contribution in [-0.4, -0.2) is 23.0 Å². The maximum absolute atomic E-state index is 13.3. The first kappa shape index (κ1) is 14.8. The molecule has 104 valence electrons. The second kappa shape index (κ2) is 5.61. The number of carbonyl (C=O) groups is 1.